The second-order valence-electron chi connectivity index (χ2n) is 8.05. The molecule has 0 aliphatic carbocycles. The number of rotatable bonds is 9. The topological polar surface area (TPSA) is 95.5 Å². The summed E-state index contributed by atoms with van der Waals surface area (Å²) in [5, 5.41) is 1.08. The summed E-state index contributed by atoms with van der Waals surface area (Å²) < 4.78 is 35.9. The van der Waals surface area contributed by atoms with Crippen LogP contribution in [-0.4, -0.2) is 30.9 Å². The molecule has 0 amide bonds. The number of aromatic nitrogens is 2. The van der Waals surface area contributed by atoms with Gasteiger partial charge in [-0.3, -0.25) is 9.78 Å². The van der Waals surface area contributed by atoms with E-state index in [1.807, 2.05) is 30.3 Å². The molecule has 7 nitrogen and oxygen atoms in total. The number of benzene rings is 2. The van der Waals surface area contributed by atoms with Crippen LogP contribution < -0.4 is 9.47 Å². The van der Waals surface area contributed by atoms with Gasteiger partial charge < -0.3 is 9.47 Å². The maximum Gasteiger partial charge on any atom is 0.236 e. The summed E-state index contributed by atoms with van der Waals surface area (Å²) in [5.41, 5.74) is 2.70. The van der Waals surface area contributed by atoms with E-state index in [0.29, 0.717) is 27.5 Å². The lowest BCUT2D eigenvalue weighted by Crippen LogP contribution is -2.06. The van der Waals surface area contributed by atoms with Gasteiger partial charge in [-0.05, 0) is 34.1 Å². The number of hydrogen-bond donors (Lipinski definition) is 0. The van der Waals surface area contributed by atoms with Crippen molar-refractivity contribution >= 4 is 66.9 Å². The average Bonchev–Trinajstić information content (AvgIpc) is 2.89. The van der Waals surface area contributed by atoms with Gasteiger partial charge in [0.05, 0.1) is 20.5 Å². The normalized spacial score (nSPS) is 11.3. The van der Waals surface area contributed by atoms with Gasteiger partial charge >= 0.3 is 0 Å². The Labute approximate surface area is 242 Å². The molecule has 0 bridgehead atoms. The van der Waals surface area contributed by atoms with Crippen LogP contribution in [0.4, 0.5) is 0 Å². The summed E-state index contributed by atoms with van der Waals surface area (Å²) in [6, 6.07) is 13.8. The van der Waals surface area contributed by atoms with Crippen molar-refractivity contribution in [2.75, 3.05) is 6.26 Å². The Kier molecular flexibility index (Phi) is 8.95. The first-order valence-corrected chi connectivity index (χ1v) is 14.7. The number of pyridine rings is 2. The van der Waals surface area contributed by atoms with Crippen LogP contribution in [0.3, 0.4) is 0 Å². The highest BCUT2D eigenvalue weighted by atomic mass is 79.9. The van der Waals surface area contributed by atoms with Crippen LogP contribution in [0.5, 0.6) is 11.8 Å². The minimum Gasteiger partial charge on any atom is -0.472 e. The van der Waals surface area contributed by atoms with Crippen molar-refractivity contribution < 1.29 is 22.7 Å². The van der Waals surface area contributed by atoms with Crippen LogP contribution in [0.2, 0.25) is 15.1 Å². The lowest BCUT2D eigenvalue weighted by atomic mass is 10.0. The molecule has 0 aliphatic heterocycles. The van der Waals surface area contributed by atoms with Crippen molar-refractivity contribution in [2.24, 2.45) is 0 Å². The second-order valence-corrected chi connectivity index (χ2v) is 12.1. The Morgan fingerprint density at radius 3 is 2.32 bits per heavy atom. The van der Waals surface area contributed by atoms with Crippen molar-refractivity contribution in [3.05, 3.63) is 97.2 Å². The van der Waals surface area contributed by atoms with Gasteiger partial charge in [0, 0.05) is 45.4 Å². The maximum absolute atomic E-state index is 11.8. The molecule has 38 heavy (non-hydrogen) atoms. The number of carbonyl (C=O) groups is 1. The Morgan fingerprint density at radius 1 is 0.921 bits per heavy atom. The van der Waals surface area contributed by atoms with Gasteiger partial charge in [0.2, 0.25) is 11.8 Å². The van der Waals surface area contributed by atoms with Gasteiger partial charge in [-0.25, -0.2) is 8.42 Å². The third-order valence-corrected chi connectivity index (χ3v) is 8.41. The molecule has 0 aliphatic rings. The highest BCUT2D eigenvalue weighted by Gasteiger charge is 2.17. The molecule has 4 rings (SSSR count). The van der Waals surface area contributed by atoms with Crippen LogP contribution in [0, 0.1) is 0 Å². The highest BCUT2D eigenvalue weighted by molar-refractivity contribution is 9.10. The number of hydrogen-bond acceptors (Lipinski definition) is 7. The fourth-order valence-electron chi connectivity index (χ4n) is 3.43. The SMILES string of the molecule is CS(=O)(=O)c1cncc(COc2nc(OCc3cccc(-c4cccc(Br)c4Cl)c3Cl)c(Cl)cc2C=O)c1. The summed E-state index contributed by atoms with van der Waals surface area (Å²) in [7, 11) is -3.44. The first kappa shape index (κ1) is 28.3. The lowest BCUT2D eigenvalue weighted by Gasteiger charge is -2.14. The van der Waals surface area contributed by atoms with Gasteiger partial charge in [0.1, 0.15) is 18.2 Å². The van der Waals surface area contributed by atoms with Gasteiger partial charge in [0.25, 0.3) is 0 Å². The number of ether oxygens (including phenoxy) is 2. The highest BCUT2D eigenvalue weighted by Crippen LogP contribution is 2.39. The number of halogens is 4. The van der Waals surface area contributed by atoms with E-state index in [4.69, 9.17) is 44.3 Å². The minimum absolute atomic E-state index is 0.0191. The van der Waals surface area contributed by atoms with Gasteiger partial charge in [-0.15, -0.1) is 0 Å². The third kappa shape index (κ3) is 6.47. The molecular formula is C26H18BrCl3N2O5S. The van der Waals surface area contributed by atoms with E-state index in [1.165, 1.54) is 24.5 Å². The third-order valence-electron chi connectivity index (χ3n) is 5.32. The fourth-order valence-corrected chi connectivity index (χ4v) is 5.13. The molecule has 0 fully saturated rings. The first-order chi connectivity index (χ1) is 18.1. The maximum atomic E-state index is 11.8. The lowest BCUT2D eigenvalue weighted by molar-refractivity contribution is 0.111. The molecule has 0 atom stereocenters. The van der Waals surface area contributed by atoms with Gasteiger partial charge in [-0.2, -0.15) is 4.98 Å². The molecule has 0 N–H and O–H groups in total. The monoisotopic (exact) mass is 654 g/mol. The van der Waals surface area contributed by atoms with E-state index < -0.39 is 9.84 Å². The summed E-state index contributed by atoms with van der Waals surface area (Å²) >= 11 is 22.9. The van der Waals surface area contributed by atoms with Gasteiger partial charge in [0.15, 0.2) is 16.1 Å². The Balaban J connectivity index is 1.56. The van der Waals surface area contributed by atoms with E-state index in [2.05, 4.69) is 25.9 Å². The molecule has 2 aromatic carbocycles. The van der Waals surface area contributed by atoms with E-state index in [-0.39, 0.29) is 40.5 Å². The van der Waals surface area contributed by atoms with Crippen LogP contribution in [0.1, 0.15) is 21.5 Å². The molecule has 196 valence electrons. The van der Waals surface area contributed by atoms with Crippen LogP contribution in [0.15, 0.2) is 70.3 Å². The number of sulfone groups is 1. The van der Waals surface area contributed by atoms with E-state index in [0.717, 1.165) is 21.9 Å². The van der Waals surface area contributed by atoms with Gasteiger partial charge in [-0.1, -0.05) is 65.1 Å². The summed E-state index contributed by atoms with van der Waals surface area (Å²) in [6.45, 7) is -0.0717. The Morgan fingerprint density at radius 2 is 1.61 bits per heavy atom. The molecular weight excluding hydrogens is 639 g/mol. The summed E-state index contributed by atoms with van der Waals surface area (Å²) in [5.74, 6) is -0.0119. The fraction of sp³-hybridized carbons (Fsp3) is 0.115. The second kappa shape index (κ2) is 12.0. The summed E-state index contributed by atoms with van der Waals surface area (Å²) in [4.78, 5) is 19.8. The number of aldehydes is 1. The van der Waals surface area contributed by atoms with Crippen LogP contribution in [0.25, 0.3) is 11.1 Å². The van der Waals surface area contributed by atoms with Crippen LogP contribution >= 0.6 is 50.7 Å². The molecule has 4 aromatic rings. The van der Waals surface area contributed by atoms with Crippen molar-refractivity contribution in [1.82, 2.24) is 9.97 Å². The van der Waals surface area contributed by atoms with Crippen molar-refractivity contribution in [3.8, 4) is 22.9 Å². The quantitative estimate of drug-likeness (QED) is 0.175. The van der Waals surface area contributed by atoms with E-state index in [9.17, 15) is 13.2 Å². The molecule has 0 spiro atoms. The average molecular weight is 657 g/mol. The zero-order valence-electron chi connectivity index (χ0n) is 19.6. The predicted octanol–water partition coefficient (Wildman–Crippen LogP) is 7.24. The molecule has 0 unspecified atom stereocenters. The zero-order valence-corrected chi connectivity index (χ0v) is 24.3. The number of nitrogens with zero attached hydrogens (tertiary/aromatic N) is 2. The summed E-state index contributed by atoms with van der Waals surface area (Å²) in [6.07, 6.45) is 4.33. The predicted molar refractivity (Wildman–Crippen MR) is 150 cm³/mol. The molecule has 0 saturated carbocycles. The van der Waals surface area contributed by atoms with Crippen molar-refractivity contribution in [1.29, 1.82) is 0 Å². The largest absolute Gasteiger partial charge is 0.472 e. The zero-order chi connectivity index (χ0) is 27.4. The molecule has 2 heterocycles. The Bertz CT molecular complexity index is 1630. The van der Waals surface area contributed by atoms with E-state index in [1.54, 1.807) is 6.07 Å². The Hall–Kier alpha value is -2.69. The molecule has 0 radical (unpaired) electrons. The van der Waals surface area contributed by atoms with Crippen molar-refractivity contribution in [2.45, 2.75) is 18.1 Å². The van der Waals surface area contributed by atoms with Crippen LogP contribution in [-0.2, 0) is 23.1 Å². The molecule has 2 aromatic heterocycles. The number of carbonyl (C=O) groups excluding carboxylic acids is 1. The molecule has 12 heteroatoms. The first-order valence-electron chi connectivity index (χ1n) is 10.9. The van der Waals surface area contributed by atoms with Crippen molar-refractivity contribution in [3.63, 3.8) is 0 Å². The minimum atomic E-state index is -3.44. The van der Waals surface area contributed by atoms with E-state index >= 15 is 0 Å². The smallest absolute Gasteiger partial charge is 0.236 e. The molecule has 0 saturated heterocycles. The standard InChI is InChI=1S/C26H18BrCl3N2O5S/c1-38(34,35)18-8-15(10-31-11-18)13-36-25-17(12-33)9-22(28)26(32-25)37-14-16-4-2-5-19(23(16)29)20-6-3-7-21(27)24(20)30/h2-12H,13-14H2,1H3.